The molecule has 0 aromatic carbocycles. The molecule has 1 aliphatic heterocycles. The van der Waals surface area contributed by atoms with Crippen LogP contribution in [0, 0.1) is 0 Å². The van der Waals surface area contributed by atoms with Crippen LogP contribution in [-0.4, -0.2) is 31.9 Å². The van der Waals surface area contributed by atoms with Crippen LogP contribution in [0.1, 0.15) is 34.8 Å². The van der Waals surface area contributed by atoms with Crippen molar-refractivity contribution < 1.29 is 4.79 Å². The summed E-state index contributed by atoms with van der Waals surface area (Å²) in [6.07, 6.45) is 6.32. The van der Waals surface area contributed by atoms with Crippen molar-refractivity contribution in [3.8, 4) is 0 Å². The van der Waals surface area contributed by atoms with Gasteiger partial charge in [0.15, 0.2) is 0 Å². The lowest BCUT2D eigenvalue weighted by Gasteiger charge is -2.24. The van der Waals surface area contributed by atoms with Crippen LogP contribution >= 0.6 is 0 Å². The number of rotatable bonds is 2. The second-order valence-corrected chi connectivity index (χ2v) is 5.31. The van der Waals surface area contributed by atoms with Gasteiger partial charge in [-0.1, -0.05) is 6.07 Å². The van der Waals surface area contributed by atoms with E-state index in [1.165, 1.54) is 13.2 Å². The van der Waals surface area contributed by atoms with Crippen molar-refractivity contribution in [1.29, 1.82) is 0 Å². The lowest BCUT2D eigenvalue weighted by atomic mass is 10.1. The summed E-state index contributed by atoms with van der Waals surface area (Å²) < 4.78 is 0.905. The number of hydrogen-bond acceptors (Lipinski definition) is 4. The van der Waals surface area contributed by atoms with E-state index in [0.29, 0.717) is 6.54 Å². The fraction of sp³-hybridized carbons (Fsp3) is 0.333. The Morgan fingerprint density at radius 1 is 1.41 bits per heavy atom. The molecule has 114 valence electrons. The molecule has 1 unspecified atom stereocenters. The maximum absolute atomic E-state index is 12.7. The molecule has 0 aliphatic carbocycles. The minimum absolute atomic E-state index is 0.0158. The van der Waals surface area contributed by atoms with Crippen LogP contribution < -0.4 is 11.2 Å². The predicted molar refractivity (Wildman–Crippen MR) is 79.6 cm³/mol. The number of amides is 1. The molecule has 0 bridgehead atoms. The van der Waals surface area contributed by atoms with Crippen LogP contribution in [0.4, 0.5) is 0 Å². The molecule has 1 N–H and O–H groups in total. The third-order valence-electron chi connectivity index (χ3n) is 3.99. The molecule has 0 spiro atoms. The molecule has 2 aromatic rings. The van der Waals surface area contributed by atoms with Gasteiger partial charge in [0.1, 0.15) is 5.56 Å². The fourth-order valence-electron chi connectivity index (χ4n) is 2.80. The number of hydrogen-bond donors (Lipinski definition) is 1. The lowest BCUT2D eigenvalue weighted by Crippen LogP contribution is -2.40. The van der Waals surface area contributed by atoms with Gasteiger partial charge < -0.3 is 9.88 Å². The van der Waals surface area contributed by atoms with Crippen molar-refractivity contribution in [3.05, 3.63) is 62.7 Å². The Morgan fingerprint density at radius 3 is 2.95 bits per heavy atom. The highest BCUT2D eigenvalue weighted by atomic mass is 16.2. The standard InChI is InChI=1S/C15H16N4O3/c1-18-13(20)11(9-17-15(18)22)14(21)19-7-3-5-12(19)10-4-2-6-16-8-10/h2,4,6,8-9,12H,3,5,7H2,1H3,(H,17,22). The van der Waals surface area contributed by atoms with Crippen molar-refractivity contribution in [2.24, 2.45) is 7.05 Å². The number of likely N-dealkylation sites (tertiary alicyclic amines) is 1. The zero-order valence-corrected chi connectivity index (χ0v) is 12.2. The van der Waals surface area contributed by atoms with E-state index in [2.05, 4.69) is 9.97 Å². The van der Waals surface area contributed by atoms with E-state index in [-0.39, 0.29) is 17.5 Å². The third kappa shape index (κ3) is 2.34. The molecule has 7 heteroatoms. The molecule has 0 radical (unpaired) electrons. The number of carbonyl (C=O) groups is 1. The van der Waals surface area contributed by atoms with Gasteiger partial charge in [-0.2, -0.15) is 0 Å². The van der Waals surface area contributed by atoms with Gasteiger partial charge in [0.25, 0.3) is 11.5 Å². The topological polar surface area (TPSA) is 88.1 Å². The van der Waals surface area contributed by atoms with E-state index in [1.54, 1.807) is 17.3 Å². The van der Waals surface area contributed by atoms with E-state index in [4.69, 9.17) is 0 Å². The minimum atomic E-state index is -0.578. The van der Waals surface area contributed by atoms with Crippen molar-refractivity contribution in [2.45, 2.75) is 18.9 Å². The van der Waals surface area contributed by atoms with Gasteiger partial charge in [-0.3, -0.25) is 19.1 Å². The fourth-order valence-corrected chi connectivity index (χ4v) is 2.80. The summed E-state index contributed by atoms with van der Waals surface area (Å²) in [6.45, 7) is 0.584. The predicted octanol–water partition coefficient (Wildman–Crippen LogP) is 0.446. The van der Waals surface area contributed by atoms with Gasteiger partial charge in [0, 0.05) is 32.2 Å². The number of pyridine rings is 1. The zero-order valence-electron chi connectivity index (χ0n) is 12.2. The minimum Gasteiger partial charge on any atom is -0.331 e. The number of aromatic nitrogens is 3. The number of nitrogens with zero attached hydrogens (tertiary/aromatic N) is 3. The average molecular weight is 300 g/mol. The van der Waals surface area contributed by atoms with Gasteiger partial charge in [-0.15, -0.1) is 0 Å². The molecule has 1 saturated heterocycles. The number of carbonyl (C=O) groups excluding carboxylic acids is 1. The molecule has 0 saturated carbocycles. The van der Waals surface area contributed by atoms with Gasteiger partial charge in [0.05, 0.1) is 6.04 Å². The van der Waals surface area contributed by atoms with Crippen LogP contribution in [0.25, 0.3) is 0 Å². The maximum Gasteiger partial charge on any atom is 0.328 e. The molecule has 1 aliphatic rings. The second kappa shape index (κ2) is 5.59. The summed E-state index contributed by atoms with van der Waals surface area (Å²) in [7, 11) is 1.35. The Morgan fingerprint density at radius 2 is 2.23 bits per heavy atom. The summed E-state index contributed by atoms with van der Waals surface area (Å²) >= 11 is 0. The van der Waals surface area contributed by atoms with E-state index >= 15 is 0 Å². The summed E-state index contributed by atoms with van der Waals surface area (Å²) in [6, 6.07) is 3.67. The SMILES string of the molecule is Cn1c(=O)[nH]cc(C(=O)N2CCCC2c2cccnc2)c1=O. The third-order valence-corrected chi connectivity index (χ3v) is 3.99. The molecule has 3 heterocycles. The number of H-pyrrole nitrogens is 1. The second-order valence-electron chi connectivity index (χ2n) is 5.31. The zero-order chi connectivity index (χ0) is 15.7. The van der Waals surface area contributed by atoms with Gasteiger partial charge in [-0.25, -0.2) is 4.79 Å². The highest BCUT2D eigenvalue weighted by Crippen LogP contribution is 2.32. The maximum atomic E-state index is 12.7. The van der Waals surface area contributed by atoms with Crippen molar-refractivity contribution >= 4 is 5.91 Å². The lowest BCUT2D eigenvalue weighted by molar-refractivity contribution is 0.0732. The van der Waals surface area contributed by atoms with Crippen LogP contribution in [0.5, 0.6) is 0 Å². The van der Waals surface area contributed by atoms with E-state index in [9.17, 15) is 14.4 Å². The first kappa shape index (κ1) is 14.2. The average Bonchev–Trinajstić information content (AvgIpc) is 3.03. The van der Waals surface area contributed by atoms with Crippen LogP contribution in [0.3, 0.4) is 0 Å². The smallest absolute Gasteiger partial charge is 0.328 e. The molecule has 2 aromatic heterocycles. The Bertz CT molecular complexity index is 810. The quantitative estimate of drug-likeness (QED) is 0.872. The Hall–Kier alpha value is -2.70. The molecule has 1 atom stereocenters. The number of nitrogens with one attached hydrogen (secondary N) is 1. The van der Waals surface area contributed by atoms with E-state index in [1.807, 2.05) is 12.1 Å². The van der Waals surface area contributed by atoms with Gasteiger partial charge in [-0.05, 0) is 24.5 Å². The highest BCUT2D eigenvalue weighted by Gasteiger charge is 2.32. The molecule has 22 heavy (non-hydrogen) atoms. The first-order valence-electron chi connectivity index (χ1n) is 7.09. The molecule has 1 amide bonds. The van der Waals surface area contributed by atoms with Crippen LogP contribution in [0.15, 0.2) is 40.3 Å². The van der Waals surface area contributed by atoms with E-state index < -0.39 is 11.2 Å². The summed E-state index contributed by atoms with van der Waals surface area (Å²) in [5, 5.41) is 0. The first-order chi connectivity index (χ1) is 10.6. The Balaban J connectivity index is 1.97. The molecular weight excluding hydrogens is 284 g/mol. The Labute approximate surface area is 126 Å². The molecule has 3 rings (SSSR count). The molecule has 7 nitrogen and oxygen atoms in total. The van der Waals surface area contributed by atoms with Crippen molar-refractivity contribution in [3.63, 3.8) is 0 Å². The largest absolute Gasteiger partial charge is 0.331 e. The number of aromatic amines is 1. The highest BCUT2D eigenvalue weighted by molar-refractivity contribution is 5.94. The summed E-state index contributed by atoms with van der Waals surface area (Å²) in [4.78, 5) is 44.4. The Kier molecular flexibility index (Phi) is 3.62. The molecule has 1 fully saturated rings. The van der Waals surface area contributed by atoms with Crippen molar-refractivity contribution in [2.75, 3.05) is 6.54 Å². The van der Waals surface area contributed by atoms with Gasteiger partial charge >= 0.3 is 5.69 Å². The molecular formula is C15H16N4O3. The summed E-state index contributed by atoms with van der Waals surface area (Å²) in [5.41, 5.74) is -0.176. The van der Waals surface area contributed by atoms with E-state index in [0.717, 1.165) is 23.0 Å². The van der Waals surface area contributed by atoms with Crippen LogP contribution in [0.2, 0.25) is 0 Å². The van der Waals surface area contributed by atoms with Gasteiger partial charge in [0.2, 0.25) is 0 Å². The van der Waals surface area contributed by atoms with Crippen LogP contribution in [-0.2, 0) is 7.05 Å². The normalized spacial score (nSPS) is 17.7. The first-order valence-corrected chi connectivity index (χ1v) is 7.09. The van der Waals surface area contributed by atoms with Crippen molar-refractivity contribution in [1.82, 2.24) is 19.4 Å². The monoisotopic (exact) mass is 300 g/mol. The summed E-state index contributed by atoms with van der Waals surface area (Å²) in [5.74, 6) is -0.358.